The van der Waals surface area contributed by atoms with E-state index in [0.717, 1.165) is 31.7 Å². The van der Waals surface area contributed by atoms with Gasteiger partial charge in [-0.1, -0.05) is 0 Å². The van der Waals surface area contributed by atoms with E-state index in [0.29, 0.717) is 6.54 Å². The van der Waals surface area contributed by atoms with E-state index in [9.17, 15) is 4.79 Å². The standard InChI is InChI=1S/C14H17N3O2S/c1-19-13(18)10-16-5-7-17(8-6-16)12-2-4-15-11-3-9-20-14(11)12/h2-4,9H,5-8,10H2,1H3. The molecule has 0 N–H and O–H groups in total. The van der Waals surface area contributed by atoms with Crippen molar-refractivity contribution in [1.29, 1.82) is 0 Å². The molecule has 1 saturated heterocycles. The second-order valence-electron chi connectivity index (χ2n) is 4.80. The van der Waals surface area contributed by atoms with E-state index in [1.807, 2.05) is 6.20 Å². The molecule has 0 aliphatic carbocycles. The molecule has 0 aromatic carbocycles. The van der Waals surface area contributed by atoms with Crippen LogP contribution in [-0.2, 0) is 9.53 Å². The zero-order valence-corrected chi connectivity index (χ0v) is 12.2. The molecule has 20 heavy (non-hydrogen) atoms. The summed E-state index contributed by atoms with van der Waals surface area (Å²) < 4.78 is 5.96. The van der Waals surface area contributed by atoms with Gasteiger partial charge in [0.25, 0.3) is 0 Å². The average Bonchev–Trinajstić information content (AvgIpc) is 2.96. The number of hydrogen-bond donors (Lipinski definition) is 0. The van der Waals surface area contributed by atoms with Gasteiger partial charge in [0.15, 0.2) is 0 Å². The molecule has 3 rings (SSSR count). The Morgan fingerprint density at radius 2 is 2.15 bits per heavy atom. The maximum absolute atomic E-state index is 11.3. The normalized spacial score (nSPS) is 16.6. The highest BCUT2D eigenvalue weighted by molar-refractivity contribution is 7.17. The number of ether oxygens (including phenoxy) is 1. The Morgan fingerprint density at radius 1 is 1.35 bits per heavy atom. The highest BCUT2D eigenvalue weighted by atomic mass is 32.1. The van der Waals surface area contributed by atoms with E-state index >= 15 is 0 Å². The quantitative estimate of drug-likeness (QED) is 0.804. The molecule has 0 radical (unpaired) electrons. The van der Waals surface area contributed by atoms with Crippen molar-refractivity contribution in [1.82, 2.24) is 9.88 Å². The van der Waals surface area contributed by atoms with Gasteiger partial charge in [0.2, 0.25) is 0 Å². The van der Waals surface area contributed by atoms with Crippen LogP contribution >= 0.6 is 11.3 Å². The van der Waals surface area contributed by atoms with Crippen molar-refractivity contribution in [2.45, 2.75) is 0 Å². The van der Waals surface area contributed by atoms with E-state index in [4.69, 9.17) is 4.74 Å². The summed E-state index contributed by atoms with van der Waals surface area (Å²) >= 11 is 1.73. The van der Waals surface area contributed by atoms with Crippen molar-refractivity contribution in [3.63, 3.8) is 0 Å². The van der Waals surface area contributed by atoms with E-state index in [2.05, 4.69) is 32.3 Å². The van der Waals surface area contributed by atoms with Crippen molar-refractivity contribution in [2.24, 2.45) is 0 Å². The molecule has 0 atom stereocenters. The first-order valence-electron chi connectivity index (χ1n) is 6.64. The number of esters is 1. The van der Waals surface area contributed by atoms with Gasteiger partial charge in [-0.15, -0.1) is 11.3 Å². The van der Waals surface area contributed by atoms with Crippen molar-refractivity contribution in [3.8, 4) is 0 Å². The fourth-order valence-corrected chi connectivity index (χ4v) is 3.40. The minimum Gasteiger partial charge on any atom is -0.468 e. The summed E-state index contributed by atoms with van der Waals surface area (Å²) in [6.07, 6.45) is 1.87. The zero-order chi connectivity index (χ0) is 13.9. The lowest BCUT2D eigenvalue weighted by molar-refractivity contribution is -0.142. The fraction of sp³-hybridized carbons (Fsp3) is 0.429. The lowest BCUT2D eigenvalue weighted by atomic mass is 10.2. The van der Waals surface area contributed by atoms with Gasteiger partial charge < -0.3 is 9.64 Å². The average molecular weight is 291 g/mol. The number of anilines is 1. The molecule has 106 valence electrons. The van der Waals surface area contributed by atoms with Gasteiger partial charge in [0.05, 0.1) is 29.6 Å². The SMILES string of the molecule is COC(=O)CN1CCN(c2ccnc3ccsc23)CC1. The molecule has 6 heteroatoms. The first kappa shape index (κ1) is 13.3. The maximum Gasteiger partial charge on any atom is 0.319 e. The Balaban J connectivity index is 1.69. The number of piperazine rings is 1. The fourth-order valence-electron chi connectivity index (χ4n) is 2.50. The molecule has 1 fully saturated rings. The number of nitrogens with zero attached hydrogens (tertiary/aromatic N) is 3. The number of hydrogen-bond acceptors (Lipinski definition) is 6. The Morgan fingerprint density at radius 3 is 2.90 bits per heavy atom. The van der Waals surface area contributed by atoms with Crippen molar-refractivity contribution in [2.75, 3.05) is 44.7 Å². The van der Waals surface area contributed by atoms with Gasteiger partial charge in [0.1, 0.15) is 0 Å². The van der Waals surface area contributed by atoms with Crippen LogP contribution in [0, 0.1) is 0 Å². The number of carbonyl (C=O) groups excluding carboxylic acids is 1. The third kappa shape index (κ3) is 2.62. The molecule has 2 aromatic heterocycles. The number of thiophene rings is 1. The molecule has 0 unspecified atom stereocenters. The largest absolute Gasteiger partial charge is 0.468 e. The van der Waals surface area contributed by atoms with E-state index < -0.39 is 0 Å². The zero-order valence-electron chi connectivity index (χ0n) is 11.4. The van der Waals surface area contributed by atoms with Gasteiger partial charge in [-0.2, -0.15) is 0 Å². The van der Waals surface area contributed by atoms with Crippen molar-refractivity contribution in [3.05, 3.63) is 23.7 Å². The van der Waals surface area contributed by atoms with Crippen LogP contribution in [-0.4, -0.2) is 55.7 Å². The van der Waals surface area contributed by atoms with Crippen LogP contribution in [0.2, 0.25) is 0 Å². The van der Waals surface area contributed by atoms with Crippen LogP contribution in [0.5, 0.6) is 0 Å². The molecule has 0 saturated carbocycles. The summed E-state index contributed by atoms with van der Waals surface area (Å²) in [4.78, 5) is 20.2. The van der Waals surface area contributed by atoms with Crippen LogP contribution < -0.4 is 4.90 Å². The minimum atomic E-state index is -0.164. The minimum absolute atomic E-state index is 0.164. The molecule has 0 spiro atoms. The molecular formula is C14H17N3O2S. The summed E-state index contributed by atoms with van der Waals surface area (Å²) in [6.45, 7) is 3.99. The van der Waals surface area contributed by atoms with Crippen molar-refractivity contribution >= 4 is 33.2 Å². The lowest BCUT2D eigenvalue weighted by Crippen LogP contribution is -2.48. The van der Waals surface area contributed by atoms with Crippen LogP contribution in [0.25, 0.3) is 10.2 Å². The third-order valence-corrected chi connectivity index (χ3v) is 4.54. The molecule has 0 amide bonds. The number of fused-ring (bicyclic) bond motifs is 1. The predicted octanol–water partition coefficient (Wildman–Crippen LogP) is 1.59. The van der Waals surface area contributed by atoms with Crippen LogP contribution in [0.15, 0.2) is 23.7 Å². The first-order chi connectivity index (χ1) is 9.78. The summed E-state index contributed by atoms with van der Waals surface area (Å²) in [6, 6.07) is 4.13. The molecule has 5 nitrogen and oxygen atoms in total. The topological polar surface area (TPSA) is 45.7 Å². The molecule has 2 aromatic rings. The van der Waals surface area contributed by atoms with Crippen LogP contribution in [0.4, 0.5) is 5.69 Å². The molecule has 3 heterocycles. The summed E-state index contributed by atoms with van der Waals surface area (Å²) in [5, 5.41) is 2.08. The number of methoxy groups -OCH3 is 1. The highest BCUT2D eigenvalue weighted by Gasteiger charge is 2.20. The summed E-state index contributed by atoms with van der Waals surface area (Å²) in [7, 11) is 1.43. The molecular weight excluding hydrogens is 274 g/mol. The summed E-state index contributed by atoms with van der Waals surface area (Å²) in [5.41, 5.74) is 2.31. The van der Waals surface area contributed by atoms with Gasteiger partial charge in [-0.25, -0.2) is 0 Å². The monoisotopic (exact) mass is 291 g/mol. The highest BCUT2D eigenvalue weighted by Crippen LogP contribution is 2.30. The molecule has 0 bridgehead atoms. The maximum atomic E-state index is 11.3. The second-order valence-corrected chi connectivity index (χ2v) is 5.72. The summed E-state index contributed by atoms with van der Waals surface area (Å²) in [5.74, 6) is -0.164. The number of rotatable bonds is 3. The van der Waals surface area contributed by atoms with Gasteiger partial charge in [0, 0.05) is 32.4 Å². The Kier molecular flexibility index (Phi) is 3.84. The van der Waals surface area contributed by atoms with E-state index in [1.165, 1.54) is 17.5 Å². The van der Waals surface area contributed by atoms with Crippen LogP contribution in [0.3, 0.4) is 0 Å². The second kappa shape index (κ2) is 5.76. The number of aromatic nitrogens is 1. The van der Waals surface area contributed by atoms with E-state index in [1.54, 1.807) is 11.3 Å². The first-order valence-corrected chi connectivity index (χ1v) is 7.52. The lowest BCUT2D eigenvalue weighted by Gasteiger charge is -2.35. The van der Waals surface area contributed by atoms with Gasteiger partial charge in [-0.3, -0.25) is 14.7 Å². The van der Waals surface area contributed by atoms with E-state index in [-0.39, 0.29) is 5.97 Å². The predicted molar refractivity (Wildman–Crippen MR) is 80.3 cm³/mol. The van der Waals surface area contributed by atoms with Crippen molar-refractivity contribution < 1.29 is 9.53 Å². The van der Waals surface area contributed by atoms with Gasteiger partial charge in [-0.05, 0) is 17.5 Å². The Bertz CT molecular complexity index is 605. The number of pyridine rings is 1. The van der Waals surface area contributed by atoms with Crippen LogP contribution in [0.1, 0.15) is 0 Å². The third-order valence-electron chi connectivity index (χ3n) is 3.62. The Labute approximate surface area is 121 Å². The smallest absolute Gasteiger partial charge is 0.319 e. The molecule has 1 aliphatic rings. The molecule has 1 aliphatic heterocycles. The Hall–Kier alpha value is -1.66. The van der Waals surface area contributed by atoms with Gasteiger partial charge >= 0.3 is 5.97 Å². The number of carbonyl (C=O) groups is 1.